The third kappa shape index (κ3) is 4.36. The van der Waals surface area contributed by atoms with Gasteiger partial charge in [-0.15, -0.1) is 0 Å². The van der Waals surface area contributed by atoms with Crippen molar-refractivity contribution in [2.45, 2.75) is 25.6 Å². The van der Waals surface area contributed by atoms with Crippen molar-refractivity contribution in [3.8, 4) is 0 Å². The minimum Gasteiger partial charge on any atom is -0.383 e. The van der Waals surface area contributed by atoms with Gasteiger partial charge in [0, 0.05) is 50.5 Å². The van der Waals surface area contributed by atoms with Crippen LogP contribution in [-0.4, -0.2) is 49.3 Å². The standard InChI is InChI=1S/C15H25N3OS/c1-12-8-14(9-16-4-6-19-3)10-17-15(12)18-5-7-20-13(2)11-18/h8,10,13,16H,4-7,9,11H2,1-3H3. The molecule has 5 heteroatoms. The first-order chi connectivity index (χ1) is 9.70. The summed E-state index contributed by atoms with van der Waals surface area (Å²) in [6.07, 6.45) is 1.99. The Balaban J connectivity index is 1.95. The number of nitrogens with one attached hydrogen (secondary N) is 1. The fourth-order valence-corrected chi connectivity index (χ4v) is 3.48. The van der Waals surface area contributed by atoms with Gasteiger partial charge in [-0.1, -0.05) is 6.92 Å². The Labute approximate surface area is 126 Å². The Hall–Kier alpha value is -0.780. The average Bonchev–Trinajstić information content (AvgIpc) is 2.44. The van der Waals surface area contributed by atoms with Crippen molar-refractivity contribution < 1.29 is 4.74 Å². The molecule has 4 nitrogen and oxygen atoms in total. The highest BCUT2D eigenvalue weighted by atomic mass is 32.2. The maximum absolute atomic E-state index is 5.03. The predicted octanol–water partition coefficient (Wildman–Crippen LogP) is 2.07. The van der Waals surface area contributed by atoms with Gasteiger partial charge in [0.05, 0.1) is 6.61 Å². The van der Waals surface area contributed by atoms with Crippen LogP contribution in [0.4, 0.5) is 5.82 Å². The lowest BCUT2D eigenvalue weighted by Gasteiger charge is -2.32. The summed E-state index contributed by atoms with van der Waals surface area (Å²) in [5.74, 6) is 2.35. The number of hydrogen-bond donors (Lipinski definition) is 1. The van der Waals surface area contributed by atoms with Gasteiger partial charge in [0.1, 0.15) is 5.82 Å². The molecule has 1 aromatic rings. The zero-order valence-electron chi connectivity index (χ0n) is 12.7. The first-order valence-corrected chi connectivity index (χ1v) is 8.27. The van der Waals surface area contributed by atoms with E-state index in [2.05, 4.69) is 35.1 Å². The number of methoxy groups -OCH3 is 1. The van der Waals surface area contributed by atoms with Crippen molar-refractivity contribution in [3.05, 3.63) is 23.4 Å². The molecule has 2 heterocycles. The van der Waals surface area contributed by atoms with Crippen LogP contribution in [0.25, 0.3) is 0 Å². The van der Waals surface area contributed by atoms with Crippen LogP contribution < -0.4 is 10.2 Å². The van der Waals surface area contributed by atoms with Crippen LogP contribution in [0, 0.1) is 6.92 Å². The summed E-state index contributed by atoms with van der Waals surface area (Å²) in [5.41, 5.74) is 2.51. The molecule has 1 N–H and O–H groups in total. The number of rotatable bonds is 6. The monoisotopic (exact) mass is 295 g/mol. The van der Waals surface area contributed by atoms with Gasteiger partial charge >= 0.3 is 0 Å². The van der Waals surface area contributed by atoms with Gasteiger partial charge in [0.25, 0.3) is 0 Å². The van der Waals surface area contributed by atoms with Crippen LogP contribution in [0.5, 0.6) is 0 Å². The predicted molar refractivity (Wildman–Crippen MR) is 86.7 cm³/mol. The second-order valence-corrected chi connectivity index (χ2v) is 6.83. The number of ether oxygens (including phenoxy) is 1. The number of aromatic nitrogens is 1. The molecule has 1 unspecified atom stereocenters. The van der Waals surface area contributed by atoms with Gasteiger partial charge in [0.2, 0.25) is 0 Å². The first kappa shape index (κ1) is 15.6. The lowest BCUT2D eigenvalue weighted by Crippen LogP contribution is -2.37. The average molecular weight is 295 g/mol. The summed E-state index contributed by atoms with van der Waals surface area (Å²) >= 11 is 2.05. The zero-order chi connectivity index (χ0) is 14.4. The van der Waals surface area contributed by atoms with Crippen molar-refractivity contribution in [3.63, 3.8) is 0 Å². The van der Waals surface area contributed by atoms with E-state index in [1.165, 1.54) is 16.9 Å². The maximum Gasteiger partial charge on any atom is 0.131 e. The minimum absolute atomic E-state index is 0.695. The third-order valence-corrected chi connectivity index (χ3v) is 4.60. The summed E-state index contributed by atoms with van der Waals surface area (Å²) < 4.78 is 5.03. The van der Waals surface area contributed by atoms with E-state index in [0.29, 0.717) is 5.25 Å². The second-order valence-electron chi connectivity index (χ2n) is 5.28. The molecule has 0 bridgehead atoms. The van der Waals surface area contributed by atoms with Gasteiger partial charge < -0.3 is 15.0 Å². The number of aryl methyl sites for hydroxylation is 1. The molecule has 0 spiro atoms. The highest BCUT2D eigenvalue weighted by Gasteiger charge is 2.19. The molecule has 0 aromatic carbocycles. The lowest BCUT2D eigenvalue weighted by molar-refractivity contribution is 0.199. The first-order valence-electron chi connectivity index (χ1n) is 7.22. The van der Waals surface area contributed by atoms with E-state index in [1.807, 2.05) is 18.0 Å². The second kappa shape index (κ2) is 7.86. The lowest BCUT2D eigenvalue weighted by atomic mass is 10.2. The fourth-order valence-electron chi connectivity index (χ4n) is 2.47. The van der Waals surface area contributed by atoms with Gasteiger partial charge in [0.15, 0.2) is 0 Å². The van der Waals surface area contributed by atoms with Crippen LogP contribution in [0.1, 0.15) is 18.1 Å². The molecule has 1 aromatic heterocycles. The van der Waals surface area contributed by atoms with E-state index in [-0.39, 0.29) is 0 Å². The summed E-state index contributed by atoms with van der Waals surface area (Å²) in [6.45, 7) is 9.13. The summed E-state index contributed by atoms with van der Waals surface area (Å²) in [4.78, 5) is 7.10. The van der Waals surface area contributed by atoms with E-state index in [0.717, 1.165) is 38.6 Å². The van der Waals surface area contributed by atoms with Crippen LogP contribution in [0.15, 0.2) is 12.3 Å². The molecule has 2 rings (SSSR count). The maximum atomic E-state index is 5.03. The summed E-state index contributed by atoms with van der Waals surface area (Å²) in [7, 11) is 1.72. The molecule has 1 atom stereocenters. The molecule has 1 fully saturated rings. The quantitative estimate of drug-likeness (QED) is 0.813. The van der Waals surface area contributed by atoms with Crippen LogP contribution in [0.3, 0.4) is 0 Å². The molecule has 0 radical (unpaired) electrons. The molecule has 1 aliphatic rings. The van der Waals surface area contributed by atoms with Crippen molar-refractivity contribution in [2.24, 2.45) is 0 Å². The summed E-state index contributed by atoms with van der Waals surface area (Å²) in [5, 5.41) is 4.05. The summed E-state index contributed by atoms with van der Waals surface area (Å²) in [6, 6.07) is 2.24. The molecule has 0 aliphatic carbocycles. The van der Waals surface area contributed by atoms with Gasteiger partial charge in [-0.25, -0.2) is 4.98 Å². The smallest absolute Gasteiger partial charge is 0.131 e. The molecular formula is C15H25N3OS. The van der Waals surface area contributed by atoms with E-state index >= 15 is 0 Å². The Morgan fingerprint density at radius 1 is 1.55 bits per heavy atom. The van der Waals surface area contributed by atoms with Crippen molar-refractivity contribution in [1.29, 1.82) is 0 Å². The third-order valence-electron chi connectivity index (χ3n) is 3.46. The minimum atomic E-state index is 0.695. The van der Waals surface area contributed by atoms with E-state index in [9.17, 15) is 0 Å². The van der Waals surface area contributed by atoms with E-state index < -0.39 is 0 Å². The Bertz CT molecular complexity index is 428. The zero-order valence-corrected chi connectivity index (χ0v) is 13.5. The van der Waals surface area contributed by atoms with Crippen LogP contribution in [-0.2, 0) is 11.3 Å². The largest absolute Gasteiger partial charge is 0.383 e. The molecular weight excluding hydrogens is 270 g/mol. The molecule has 20 heavy (non-hydrogen) atoms. The highest BCUT2D eigenvalue weighted by Crippen LogP contribution is 2.25. The van der Waals surface area contributed by atoms with E-state index in [4.69, 9.17) is 4.74 Å². The molecule has 112 valence electrons. The fraction of sp³-hybridized carbons (Fsp3) is 0.667. The highest BCUT2D eigenvalue weighted by molar-refractivity contribution is 8.00. The number of anilines is 1. The van der Waals surface area contributed by atoms with Crippen molar-refractivity contribution >= 4 is 17.6 Å². The molecule has 0 saturated carbocycles. The normalized spacial score (nSPS) is 19.4. The topological polar surface area (TPSA) is 37.4 Å². The number of thioether (sulfide) groups is 1. The van der Waals surface area contributed by atoms with Gasteiger partial charge in [-0.2, -0.15) is 11.8 Å². The van der Waals surface area contributed by atoms with Crippen LogP contribution in [0.2, 0.25) is 0 Å². The van der Waals surface area contributed by atoms with Gasteiger partial charge in [-0.05, 0) is 24.1 Å². The SMILES string of the molecule is COCCNCc1cnc(N2CCSC(C)C2)c(C)c1. The molecule has 1 aliphatic heterocycles. The van der Waals surface area contributed by atoms with Crippen LogP contribution >= 0.6 is 11.8 Å². The van der Waals surface area contributed by atoms with Crippen molar-refractivity contribution in [1.82, 2.24) is 10.3 Å². The molecule has 1 saturated heterocycles. The van der Waals surface area contributed by atoms with Crippen molar-refractivity contribution in [2.75, 3.05) is 44.0 Å². The Morgan fingerprint density at radius 2 is 2.40 bits per heavy atom. The Kier molecular flexibility index (Phi) is 6.13. The Morgan fingerprint density at radius 3 is 3.10 bits per heavy atom. The van der Waals surface area contributed by atoms with E-state index in [1.54, 1.807) is 7.11 Å². The number of pyridine rings is 1. The molecule has 0 amide bonds. The number of hydrogen-bond acceptors (Lipinski definition) is 5. The van der Waals surface area contributed by atoms with Gasteiger partial charge in [-0.3, -0.25) is 0 Å². The number of nitrogens with zero attached hydrogens (tertiary/aromatic N) is 2.